The fourth-order valence-corrected chi connectivity index (χ4v) is 5.08. The average Bonchev–Trinajstić information content (AvgIpc) is 3.21. The summed E-state index contributed by atoms with van der Waals surface area (Å²) in [5.41, 5.74) is 3.60. The molecule has 3 heterocycles. The second-order valence-electron chi connectivity index (χ2n) is 7.76. The van der Waals surface area contributed by atoms with Gasteiger partial charge in [-0.3, -0.25) is 14.2 Å². The van der Waals surface area contributed by atoms with Crippen molar-refractivity contribution in [1.29, 1.82) is 0 Å². The topological polar surface area (TPSA) is 115 Å². The third kappa shape index (κ3) is 4.31. The Labute approximate surface area is 186 Å². The van der Waals surface area contributed by atoms with E-state index in [4.69, 9.17) is 4.74 Å². The molecule has 9 nitrogen and oxygen atoms in total. The number of aryl methyl sites for hydroxylation is 4. The fourth-order valence-electron chi connectivity index (χ4n) is 3.74. The maximum absolute atomic E-state index is 13.2. The molecule has 0 unspecified atom stereocenters. The number of amides is 1. The Hall–Kier alpha value is -3.40. The largest absolute Gasteiger partial charge is 0.480 e. The SMILES string of the molecule is COc1ncc(NC(=O)c2cc3n(n2)CCCC3)cc1S(=O)(=O)Nc1c(C)cccc1C. The lowest BCUT2D eigenvalue weighted by molar-refractivity contribution is 0.102. The predicted molar refractivity (Wildman–Crippen MR) is 121 cm³/mol. The van der Waals surface area contributed by atoms with E-state index in [1.54, 1.807) is 6.07 Å². The molecule has 3 aromatic rings. The molecule has 1 aliphatic heterocycles. The zero-order chi connectivity index (χ0) is 22.9. The van der Waals surface area contributed by atoms with Crippen LogP contribution >= 0.6 is 0 Å². The molecule has 168 valence electrons. The molecule has 0 saturated heterocycles. The van der Waals surface area contributed by atoms with E-state index in [2.05, 4.69) is 20.1 Å². The Morgan fingerprint density at radius 1 is 1.16 bits per heavy atom. The van der Waals surface area contributed by atoms with E-state index in [0.29, 0.717) is 5.69 Å². The summed E-state index contributed by atoms with van der Waals surface area (Å²) >= 11 is 0. The number of carbonyl (C=O) groups excluding carboxylic acids is 1. The Morgan fingerprint density at radius 3 is 2.59 bits per heavy atom. The van der Waals surface area contributed by atoms with Crippen LogP contribution in [0, 0.1) is 13.8 Å². The van der Waals surface area contributed by atoms with Gasteiger partial charge < -0.3 is 10.1 Å². The number of aromatic nitrogens is 3. The normalized spacial score (nSPS) is 13.3. The maximum Gasteiger partial charge on any atom is 0.276 e. The third-order valence-electron chi connectivity index (χ3n) is 5.43. The number of hydrogen-bond donors (Lipinski definition) is 2. The van der Waals surface area contributed by atoms with Crippen molar-refractivity contribution in [2.75, 3.05) is 17.1 Å². The number of benzene rings is 1. The van der Waals surface area contributed by atoms with Crippen LogP contribution in [0.4, 0.5) is 11.4 Å². The summed E-state index contributed by atoms with van der Waals surface area (Å²) in [7, 11) is -2.69. The highest BCUT2D eigenvalue weighted by Gasteiger charge is 2.24. The molecule has 0 fully saturated rings. The number of hydrogen-bond acceptors (Lipinski definition) is 6. The van der Waals surface area contributed by atoms with Gasteiger partial charge in [-0.2, -0.15) is 5.10 Å². The molecule has 10 heteroatoms. The number of carbonyl (C=O) groups is 1. The standard InChI is InChI=1S/C22H25N5O4S/c1-14-7-6-8-15(2)20(14)26-32(29,30)19-11-16(13-23-22(19)31-3)24-21(28)18-12-17-9-4-5-10-27(17)25-18/h6-8,11-13,26H,4-5,9-10H2,1-3H3,(H,24,28). The Bertz CT molecular complexity index is 1240. The minimum Gasteiger partial charge on any atom is -0.480 e. The molecule has 0 radical (unpaired) electrons. The van der Waals surface area contributed by atoms with Crippen molar-refractivity contribution in [1.82, 2.24) is 14.8 Å². The lowest BCUT2D eigenvalue weighted by atomic mass is 10.1. The number of para-hydroxylation sites is 1. The second-order valence-corrected chi connectivity index (χ2v) is 9.41. The van der Waals surface area contributed by atoms with E-state index in [1.165, 1.54) is 19.4 Å². The van der Waals surface area contributed by atoms with Crippen LogP contribution in [0.3, 0.4) is 0 Å². The lowest BCUT2D eigenvalue weighted by Gasteiger charge is -2.15. The van der Waals surface area contributed by atoms with Gasteiger partial charge in [-0.15, -0.1) is 0 Å². The summed E-state index contributed by atoms with van der Waals surface area (Å²) in [6.45, 7) is 4.43. The second kappa shape index (κ2) is 8.62. The quantitative estimate of drug-likeness (QED) is 0.589. The molecule has 0 atom stereocenters. The molecule has 0 aliphatic carbocycles. The first-order valence-electron chi connectivity index (χ1n) is 10.3. The number of pyridine rings is 1. The van der Waals surface area contributed by atoms with Crippen molar-refractivity contribution in [2.45, 2.75) is 44.6 Å². The van der Waals surface area contributed by atoms with Crippen LogP contribution < -0.4 is 14.8 Å². The Morgan fingerprint density at radius 2 is 1.91 bits per heavy atom. The van der Waals surface area contributed by atoms with Gasteiger partial charge in [-0.05, 0) is 56.4 Å². The molecular formula is C22H25N5O4S. The summed E-state index contributed by atoms with van der Waals surface area (Å²) in [6.07, 6.45) is 4.35. The van der Waals surface area contributed by atoms with Gasteiger partial charge in [0, 0.05) is 12.2 Å². The highest BCUT2D eigenvalue weighted by atomic mass is 32.2. The van der Waals surface area contributed by atoms with E-state index in [9.17, 15) is 13.2 Å². The number of nitrogens with zero attached hydrogens (tertiary/aromatic N) is 3. The number of sulfonamides is 1. The highest BCUT2D eigenvalue weighted by Crippen LogP contribution is 2.29. The molecule has 2 aromatic heterocycles. The van der Waals surface area contributed by atoms with Gasteiger partial charge >= 0.3 is 0 Å². The number of anilines is 2. The molecular weight excluding hydrogens is 430 g/mol. The summed E-state index contributed by atoms with van der Waals surface area (Å²) in [6, 6.07) is 8.60. The van der Waals surface area contributed by atoms with Crippen molar-refractivity contribution in [2.24, 2.45) is 0 Å². The number of ether oxygens (including phenoxy) is 1. The van der Waals surface area contributed by atoms with Crippen LogP contribution in [0.25, 0.3) is 0 Å². The first kappa shape index (κ1) is 21.8. The smallest absolute Gasteiger partial charge is 0.276 e. The van der Waals surface area contributed by atoms with Crippen LogP contribution in [0.15, 0.2) is 41.4 Å². The van der Waals surface area contributed by atoms with Crippen LogP contribution in [0.2, 0.25) is 0 Å². The highest BCUT2D eigenvalue weighted by molar-refractivity contribution is 7.92. The molecule has 0 spiro atoms. The van der Waals surface area contributed by atoms with Crippen molar-refractivity contribution < 1.29 is 17.9 Å². The van der Waals surface area contributed by atoms with Crippen molar-refractivity contribution in [3.05, 3.63) is 59.0 Å². The number of methoxy groups -OCH3 is 1. The van der Waals surface area contributed by atoms with Crippen molar-refractivity contribution in [3.63, 3.8) is 0 Å². The molecule has 32 heavy (non-hydrogen) atoms. The van der Waals surface area contributed by atoms with Gasteiger partial charge in [0.1, 0.15) is 0 Å². The minimum absolute atomic E-state index is 0.0702. The summed E-state index contributed by atoms with van der Waals surface area (Å²) in [5, 5.41) is 7.05. The molecule has 0 bridgehead atoms. The predicted octanol–water partition coefficient (Wildman–Crippen LogP) is 3.29. The van der Waals surface area contributed by atoms with Gasteiger partial charge in [0.25, 0.3) is 15.9 Å². The molecule has 2 N–H and O–H groups in total. The average molecular weight is 456 g/mol. The monoisotopic (exact) mass is 455 g/mol. The summed E-state index contributed by atoms with van der Waals surface area (Å²) < 4.78 is 36.0. The zero-order valence-corrected chi connectivity index (χ0v) is 19.0. The summed E-state index contributed by atoms with van der Waals surface area (Å²) in [5.74, 6) is -0.496. The Balaban J connectivity index is 1.62. The van der Waals surface area contributed by atoms with Gasteiger partial charge in [0.05, 0.1) is 24.7 Å². The van der Waals surface area contributed by atoms with Gasteiger partial charge in [-0.1, -0.05) is 18.2 Å². The molecule has 1 aromatic carbocycles. The van der Waals surface area contributed by atoms with Crippen LogP contribution in [0.1, 0.15) is 40.2 Å². The van der Waals surface area contributed by atoms with Gasteiger partial charge in [0.2, 0.25) is 5.88 Å². The minimum atomic E-state index is -4.03. The van der Waals surface area contributed by atoms with Crippen molar-refractivity contribution in [3.8, 4) is 5.88 Å². The number of nitrogens with one attached hydrogen (secondary N) is 2. The first-order chi connectivity index (χ1) is 15.3. The summed E-state index contributed by atoms with van der Waals surface area (Å²) in [4.78, 5) is 16.6. The van der Waals surface area contributed by atoms with Crippen LogP contribution in [0.5, 0.6) is 5.88 Å². The lowest BCUT2D eigenvalue weighted by Crippen LogP contribution is -2.18. The van der Waals surface area contributed by atoms with Gasteiger partial charge in [-0.25, -0.2) is 13.4 Å². The van der Waals surface area contributed by atoms with Crippen LogP contribution in [-0.4, -0.2) is 36.2 Å². The van der Waals surface area contributed by atoms with E-state index in [-0.39, 0.29) is 22.2 Å². The molecule has 0 saturated carbocycles. The number of rotatable bonds is 6. The zero-order valence-electron chi connectivity index (χ0n) is 18.2. The van der Waals surface area contributed by atoms with Crippen LogP contribution in [-0.2, 0) is 23.0 Å². The van der Waals surface area contributed by atoms with E-state index in [1.807, 2.05) is 36.7 Å². The molecule has 4 rings (SSSR count). The van der Waals surface area contributed by atoms with E-state index >= 15 is 0 Å². The molecule has 1 amide bonds. The first-order valence-corrected chi connectivity index (χ1v) is 11.8. The Kier molecular flexibility index (Phi) is 5.88. The maximum atomic E-state index is 13.2. The number of fused-ring (bicyclic) bond motifs is 1. The fraction of sp³-hybridized carbons (Fsp3) is 0.318. The van der Waals surface area contributed by atoms with E-state index in [0.717, 1.165) is 42.6 Å². The molecule has 1 aliphatic rings. The van der Waals surface area contributed by atoms with E-state index < -0.39 is 15.9 Å². The van der Waals surface area contributed by atoms with Gasteiger partial charge in [0.15, 0.2) is 10.6 Å². The third-order valence-corrected chi connectivity index (χ3v) is 6.77. The van der Waals surface area contributed by atoms with Crippen molar-refractivity contribution >= 4 is 27.3 Å².